The molecule has 1 saturated carbocycles. The van der Waals surface area contributed by atoms with E-state index in [-0.39, 0.29) is 11.6 Å². The maximum Gasteiger partial charge on any atom is 0.162 e. The van der Waals surface area contributed by atoms with Crippen molar-refractivity contribution in [2.45, 2.75) is 71.6 Å². The Hall–Kier alpha value is -1.96. The molecule has 1 aliphatic rings. The lowest BCUT2D eigenvalue weighted by Crippen LogP contribution is -2.15. The monoisotopic (exact) mass is 380 g/mol. The topological polar surface area (TPSA) is 17.1 Å². The van der Waals surface area contributed by atoms with Crippen molar-refractivity contribution in [1.82, 2.24) is 0 Å². The van der Waals surface area contributed by atoms with Gasteiger partial charge in [0.2, 0.25) is 0 Å². The largest absolute Gasteiger partial charge is 0.294 e. The van der Waals surface area contributed by atoms with Crippen molar-refractivity contribution >= 4 is 5.78 Å². The second-order valence-corrected chi connectivity index (χ2v) is 8.38. The number of hydrogen-bond acceptors (Lipinski definition) is 1. The molecule has 1 nitrogen and oxygen atoms in total. The normalized spacial score (nSPS) is 19.5. The summed E-state index contributed by atoms with van der Waals surface area (Å²) in [4.78, 5) is 11.8. The molecule has 1 fully saturated rings. The van der Waals surface area contributed by atoms with E-state index < -0.39 is 0 Å². The molecule has 1 aliphatic carbocycles. The van der Waals surface area contributed by atoms with Gasteiger partial charge in [-0.05, 0) is 41.9 Å². The molecule has 0 spiro atoms. The molecule has 0 heterocycles. The standard InChI is InChI=1S/C26H33FO/c1-3-5-19-6-8-20(9-7-19)10-11-21-12-17-24(25(27)18-21)22-13-15-23(16-14-22)26(28)4-2/h12-20H,3-11H2,1-2H3. The van der Waals surface area contributed by atoms with Crippen molar-refractivity contribution in [2.24, 2.45) is 11.8 Å². The van der Waals surface area contributed by atoms with Gasteiger partial charge < -0.3 is 0 Å². The van der Waals surface area contributed by atoms with Gasteiger partial charge in [-0.2, -0.15) is 0 Å². The number of Topliss-reactive ketones (excluding diaryl/α,β-unsaturated/α-hetero) is 1. The Labute approximate surface area is 169 Å². The molecule has 28 heavy (non-hydrogen) atoms. The van der Waals surface area contributed by atoms with E-state index >= 15 is 0 Å². The Morgan fingerprint density at radius 3 is 2.14 bits per heavy atom. The van der Waals surface area contributed by atoms with Crippen LogP contribution in [0.2, 0.25) is 0 Å². The average Bonchev–Trinajstić information content (AvgIpc) is 2.73. The minimum absolute atomic E-state index is 0.117. The third-order valence-electron chi connectivity index (χ3n) is 6.38. The molecule has 0 atom stereocenters. The van der Waals surface area contributed by atoms with E-state index in [4.69, 9.17) is 0 Å². The van der Waals surface area contributed by atoms with Crippen molar-refractivity contribution < 1.29 is 9.18 Å². The molecule has 150 valence electrons. The number of halogens is 1. The summed E-state index contributed by atoms with van der Waals surface area (Å²) in [5, 5.41) is 0. The van der Waals surface area contributed by atoms with E-state index in [1.165, 1.54) is 44.9 Å². The number of rotatable bonds is 8. The highest BCUT2D eigenvalue weighted by Gasteiger charge is 2.20. The number of ketones is 1. The zero-order valence-electron chi connectivity index (χ0n) is 17.3. The second-order valence-electron chi connectivity index (χ2n) is 8.38. The Bertz CT molecular complexity index is 770. The predicted molar refractivity (Wildman–Crippen MR) is 115 cm³/mol. The van der Waals surface area contributed by atoms with Crippen molar-refractivity contribution in [3.05, 3.63) is 59.4 Å². The van der Waals surface area contributed by atoms with Gasteiger partial charge in [0.05, 0.1) is 0 Å². The van der Waals surface area contributed by atoms with Crippen molar-refractivity contribution in [3.8, 4) is 11.1 Å². The van der Waals surface area contributed by atoms with Crippen LogP contribution in [0.1, 0.15) is 81.1 Å². The van der Waals surface area contributed by atoms with Gasteiger partial charge in [-0.1, -0.05) is 88.8 Å². The fourth-order valence-electron chi connectivity index (χ4n) is 4.58. The van der Waals surface area contributed by atoms with Gasteiger partial charge in [0.15, 0.2) is 5.78 Å². The zero-order chi connectivity index (χ0) is 19.9. The molecule has 0 saturated heterocycles. The summed E-state index contributed by atoms with van der Waals surface area (Å²) in [7, 11) is 0. The summed E-state index contributed by atoms with van der Waals surface area (Å²) in [5.41, 5.74) is 3.22. The SMILES string of the molecule is CCCC1CCC(CCc2ccc(-c3ccc(C(=O)CC)cc3)c(F)c2)CC1. The summed E-state index contributed by atoms with van der Waals surface area (Å²) >= 11 is 0. The lowest BCUT2D eigenvalue weighted by atomic mass is 9.78. The van der Waals surface area contributed by atoms with Crippen LogP contribution in [0, 0.1) is 17.7 Å². The van der Waals surface area contributed by atoms with Crippen LogP contribution < -0.4 is 0 Å². The molecule has 0 amide bonds. The van der Waals surface area contributed by atoms with Crippen LogP contribution in [0.15, 0.2) is 42.5 Å². The van der Waals surface area contributed by atoms with Crippen LogP contribution in [0.3, 0.4) is 0 Å². The van der Waals surface area contributed by atoms with E-state index in [1.807, 2.05) is 25.1 Å². The maximum atomic E-state index is 14.7. The Balaban J connectivity index is 1.58. The number of aryl methyl sites for hydroxylation is 1. The molecule has 3 rings (SSSR count). The van der Waals surface area contributed by atoms with Crippen molar-refractivity contribution in [1.29, 1.82) is 0 Å². The average molecular weight is 381 g/mol. The van der Waals surface area contributed by atoms with Crippen LogP contribution in [-0.2, 0) is 6.42 Å². The number of benzene rings is 2. The number of hydrogen-bond donors (Lipinski definition) is 0. The van der Waals surface area contributed by atoms with Gasteiger partial charge in [0, 0.05) is 17.5 Å². The van der Waals surface area contributed by atoms with Crippen LogP contribution >= 0.6 is 0 Å². The lowest BCUT2D eigenvalue weighted by molar-refractivity contribution is 0.0988. The van der Waals surface area contributed by atoms with Crippen molar-refractivity contribution in [2.75, 3.05) is 0 Å². The minimum Gasteiger partial charge on any atom is -0.294 e. The fourth-order valence-corrected chi connectivity index (χ4v) is 4.58. The Morgan fingerprint density at radius 2 is 1.57 bits per heavy atom. The Kier molecular flexibility index (Phi) is 7.42. The summed E-state index contributed by atoms with van der Waals surface area (Å²) in [6.07, 6.45) is 10.7. The first kappa shape index (κ1) is 20.8. The smallest absolute Gasteiger partial charge is 0.162 e. The van der Waals surface area contributed by atoms with Gasteiger partial charge >= 0.3 is 0 Å². The fraction of sp³-hybridized carbons (Fsp3) is 0.500. The van der Waals surface area contributed by atoms with Crippen LogP contribution in [0.4, 0.5) is 4.39 Å². The highest BCUT2D eigenvalue weighted by molar-refractivity contribution is 5.96. The van der Waals surface area contributed by atoms with E-state index in [0.29, 0.717) is 17.5 Å². The molecule has 0 aromatic heterocycles. The number of carbonyl (C=O) groups is 1. The van der Waals surface area contributed by atoms with Crippen LogP contribution in [-0.4, -0.2) is 5.78 Å². The minimum atomic E-state index is -0.168. The zero-order valence-corrected chi connectivity index (χ0v) is 17.3. The molecule has 0 bridgehead atoms. The van der Waals surface area contributed by atoms with Crippen LogP contribution in [0.25, 0.3) is 11.1 Å². The van der Waals surface area contributed by atoms with Gasteiger partial charge in [-0.3, -0.25) is 4.79 Å². The molecule has 0 radical (unpaired) electrons. The third kappa shape index (κ3) is 5.31. The van der Waals surface area contributed by atoms with Gasteiger partial charge in [-0.25, -0.2) is 4.39 Å². The van der Waals surface area contributed by atoms with E-state index in [2.05, 4.69) is 13.0 Å². The van der Waals surface area contributed by atoms with Gasteiger partial charge in [0.1, 0.15) is 5.82 Å². The Morgan fingerprint density at radius 1 is 0.929 bits per heavy atom. The van der Waals surface area contributed by atoms with E-state index in [0.717, 1.165) is 29.4 Å². The van der Waals surface area contributed by atoms with Gasteiger partial charge in [-0.15, -0.1) is 0 Å². The molecule has 2 aromatic carbocycles. The molecule has 0 N–H and O–H groups in total. The first-order valence-corrected chi connectivity index (χ1v) is 11.0. The summed E-state index contributed by atoms with van der Waals surface area (Å²) in [5.74, 6) is 1.70. The lowest BCUT2D eigenvalue weighted by Gasteiger charge is -2.28. The molecule has 0 unspecified atom stereocenters. The number of carbonyl (C=O) groups excluding carboxylic acids is 1. The molecule has 2 aromatic rings. The van der Waals surface area contributed by atoms with E-state index in [9.17, 15) is 9.18 Å². The molecular weight excluding hydrogens is 347 g/mol. The van der Waals surface area contributed by atoms with Crippen molar-refractivity contribution in [3.63, 3.8) is 0 Å². The highest BCUT2D eigenvalue weighted by Crippen LogP contribution is 2.34. The third-order valence-corrected chi connectivity index (χ3v) is 6.38. The summed E-state index contributed by atoms with van der Waals surface area (Å²) in [6.45, 7) is 4.13. The second kappa shape index (κ2) is 10.0. The molecule has 2 heteroatoms. The quantitative estimate of drug-likeness (QED) is 0.430. The molecular formula is C26H33FO. The maximum absolute atomic E-state index is 14.7. The van der Waals surface area contributed by atoms with Crippen LogP contribution in [0.5, 0.6) is 0 Å². The highest BCUT2D eigenvalue weighted by atomic mass is 19.1. The predicted octanol–water partition coefficient (Wildman–Crippen LogP) is 7.62. The first-order valence-electron chi connectivity index (χ1n) is 11.0. The summed E-state index contributed by atoms with van der Waals surface area (Å²) < 4.78 is 14.7. The first-order chi connectivity index (χ1) is 13.6. The van der Waals surface area contributed by atoms with Gasteiger partial charge in [0.25, 0.3) is 0 Å². The van der Waals surface area contributed by atoms with E-state index in [1.54, 1.807) is 18.2 Å². The summed E-state index contributed by atoms with van der Waals surface area (Å²) in [6, 6.07) is 12.9. The molecule has 0 aliphatic heterocycles.